The first-order valence-corrected chi connectivity index (χ1v) is 3.97. The third-order valence-electron chi connectivity index (χ3n) is 1.79. The highest BCUT2D eigenvalue weighted by molar-refractivity contribution is 6.15. The molecule has 3 heteroatoms. The van der Waals surface area contributed by atoms with Crippen LogP contribution in [0.15, 0.2) is 30.8 Å². The quantitative estimate of drug-likeness (QED) is 0.523. The highest BCUT2D eigenvalue weighted by atomic mass is 16.5. The summed E-state index contributed by atoms with van der Waals surface area (Å²) < 4.78 is 4.52. The molecule has 0 spiro atoms. The van der Waals surface area contributed by atoms with Crippen LogP contribution >= 0.6 is 0 Å². The molecule has 0 saturated carbocycles. The van der Waals surface area contributed by atoms with Gasteiger partial charge >= 0.3 is 5.97 Å². The predicted octanol–water partition coefficient (Wildman–Crippen LogP) is 1.74. The fraction of sp³-hybridized carbons (Fsp3) is 0.0909. The molecule has 70 valence electrons. The summed E-state index contributed by atoms with van der Waals surface area (Å²) in [6.45, 7) is 3.59. The summed E-state index contributed by atoms with van der Waals surface area (Å²) in [6, 6.07) is 8.58. The van der Waals surface area contributed by atoms with Gasteiger partial charge in [0.1, 0.15) is 0 Å². The molecule has 0 bridgehead atoms. The number of carbonyl (C=O) groups is 1. The van der Waals surface area contributed by atoms with Crippen molar-refractivity contribution >= 4 is 11.5 Å². The van der Waals surface area contributed by atoms with Gasteiger partial charge in [-0.05, 0) is 17.7 Å². The van der Waals surface area contributed by atoms with E-state index >= 15 is 0 Å². The van der Waals surface area contributed by atoms with Gasteiger partial charge in [-0.25, -0.2) is 4.79 Å². The summed E-state index contributed by atoms with van der Waals surface area (Å²) in [6.07, 6.45) is 0. The molecular weight excluding hydrogens is 178 g/mol. The smallest absolute Gasteiger partial charge is 0.337 e. The molecule has 14 heavy (non-hydrogen) atoms. The molecule has 0 radical (unpaired) electrons. The number of methoxy groups -OCH3 is 1. The Morgan fingerprint density at radius 3 is 2.43 bits per heavy atom. The standard InChI is InChI=1S/C11H9NO2/c1-8(11(13)14-2)10-5-3-9(7-12)4-6-10/h3-6H,1H2,2H3. The Morgan fingerprint density at radius 1 is 1.43 bits per heavy atom. The molecule has 0 unspecified atom stereocenters. The zero-order valence-electron chi connectivity index (χ0n) is 7.78. The van der Waals surface area contributed by atoms with Crippen LogP contribution in [-0.4, -0.2) is 13.1 Å². The van der Waals surface area contributed by atoms with Gasteiger partial charge in [0.25, 0.3) is 0 Å². The average Bonchev–Trinajstić information content (AvgIpc) is 2.27. The lowest BCUT2D eigenvalue weighted by molar-refractivity contribution is -0.133. The van der Waals surface area contributed by atoms with Crippen molar-refractivity contribution in [1.82, 2.24) is 0 Å². The molecule has 0 aromatic heterocycles. The van der Waals surface area contributed by atoms with Crippen LogP contribution in [0.2, 0.25) is 0 Å². The highest BCUT2D eigenvalue weighted by Crippen LogP contribution is 2.14. The molecular formula is C11H9NO2. The summed E-state index contributed by atoms with van der Waals surface area (Å²) in [5.74, 6) is -0.463. The van der Waals surface area contributed by atoms with Gasteiger partial charge in [0, 0.05) is 0 Å². The van der Waals surface area contributed by atoms with E-state index in [9.17, 15) is 4.79 Å². The predicted molar refractivity (Wildman–Crippen MR) is 52.2 cm³/mol. The van der Waals surface area contributed by atoms with Crippen molar-refractivity contribution in [3.05, 3.63) is 42.0 Å². The van der Waals surface area contributed by atoms with Gasteiger partial charge in [0.15, 0.2) is 0 Å². The number of hydrogen-bond donors (Lipinski definition) is 0. The molecule has 0 amide bonds. The second-order valence-corrected chi connectivity index (χ2v) is 2.66. The number of ether oxygens (including phenoxy) is 1. The van der Waals surface area contributed by atoms with Crippen LogP contribution in [-0.2, 0) is 9.53 Å². The van der Waals surface area contributed by atoms with Crippen molar-refractivity contribution in [2.45, 2.75) is 0 Å². The molecule has 0 atom stereocenters. The van der Waals surface area contributed by atoms with Crippen LogP contribution in [0.25, 0.3) is 5.57 Å². The normalized spacial score (nSPS) is 8.86. The van der Waals surface area contributed by atoms with Crippen molar-refractivity contribution in [3.8, 4) is 6.07 Å². The minimum absolute atomic E-state index is 0.289. The lowest BCUT2D eigenvalue weighted by Gasteiger charge is -2.02. The number of hydrogen-bond acceptors (Lipinski definition) is 3. The summed E-state index contributed by atoms with van der Waals surface area (Å²) >= 11 is 0. The van der Waals surface area contributed by atoms with Crippen molar-refractivity contribution in [3.63, 3.8) is 0 Å². The van der Waals surface area contributed by atoms with Gasteiger partial charge in [-0.3, -0.25) is 0 Å². The first-order chi connectivity index (χ1) is 6.69. The lowest BCUT2D eigenvalue weighted by Crippen LogP contribution is -2.02. The Morgan fingerprint density at radius 2 is 2.00 bits per heavy atom. The van der Waals surface area contributed by atoms with Crippen LogP contribution in [0.1, 0.15) is 11.1 Å². The van der Waals surface area contributed by atoms with E-state index in [1.165, 1.54) is 7.11 Å². The Bertz CT molecular complexity index is 398. The van der Waals surface area contributed by atoms with Gasteiger partial charge < -0.3 is 4.74 Å². The largest absolute Gasteiger partial charge is 0.465 e. The molecule has 0 saturated heterocycles. The van der Waals surface area contributed by atoms with Crippen LogP contribution in [0, 0.1) is 11.3 Å². The topological polar surface area (TPSA) is 50.1 Å². The SMILES string of the molecule is C=C(C(=O)OC)c1ccc(C#N)cc1. The third-order valence-corrected chi connectivity index (χ3v) is 1.79. The number of esters is 1. The van der Waals surface area contributed by atoms with E-state index in [0.717, 1.165) is 0 Å². The number of nitriles is 1. The third kappa shape index (κ3) is 1.99. The van der Waals surface area contributed by atoms with E-state index in [1.807, 2.05) is 6.07 Å². The summed E-state index contributed by atoms with van der Waals surface area (Å²) in [4.78, 5) is 11.1. The van der Waals surface area contributed by atoms with E-state index < -0.39 is 5.97 Å². The van der Waals surface area contributed by atoms with Gasteiger partial charge in [-0.1, -0.05) is 18.7 Å². The monoisotopic (exact) mass is 187 g/mol. The average molecular weight is 187 g/mol. The fourth-order valence-electron chi connectivity index (χ4n) is 0.987. The van der Waals surface area contributed by atoms with E-state index in [0.29, 0.717) is 11.1 Å². The summed E-state index contributed by atoms with van der Waals surface area (Å²) in [7, 11) is 1.30. The van der Waals surface area contributed by atoms with Crippen molar-refractivity contribution in [2.24, 2.45) is 0 Å². The van der Waals surface area contributed by atoms with Crippen LogP contribution in [0.5, 0.6) is 0 Å². The Hall–Kier alpha value is -2.08. The van der Waals surface area contributed by atoms with Gasteiger partial charge in [-0.2, -0.15) is 5.26 Å². The lowest BCUT2D eigenvalue weighted by atomic mass is 10.1. The van der Waals surface area contributed by atoms with Crippen LogP contribution < -0.4 is 0 Å². The number of rotatable bonds is 2. The number of carbonyl (C=O) groups excluding carboxylic acids is 1. The summed E-state index contributed by atoms with van der Waals surface area (Å²) in [5, 5.41) is 8.56. The van der Waals surface area contributed by atoms with E-state index in [1.54, 1.807) is 24.3 Å². The number of nitrogens with zero attached hydrogens (tertiary/aromatic N) is 1. The molecule has 1 rings (SSSR count). The van der Waals surface area contributed by atoms with Crippen LogP contribution in [0.4, 0.5) is 0 Å². The second kappa shape index (κ2) is 4.24. The van der Waals surface area contributed by atoms with Crippen LogP contribution in [0.3, 0.4) is 0 Å². The van der Waals surface area contributed by atoms with E-state index in [-0.39, 0.29) is 5.57 Å². The van der Waals surface area contributed by atoms with E-state index in [2.05, 4.69) is 11.3 Å². The molecule has 0 aliphatic carbocycles. The molecule has 0 N–H and O–H groups in total. The van der Waals surface area contributed by atoms with Crippen molar-refractivity contribution < 1.29 is 9.53 Å². The minimum Gasteiger partial charge on any atom is -0.465 e. The molecule has 0 fully saturated rings. The fourth-order valence-corrected chi connectivity index (χ4v) is 0.987. The molecule has 1 aromatic rings. The zero-order chi connectivity index (χ0) is 10.6. The maximum Gasteiger partial charge on any atom is 0.337 e. The first kappa shape index (κ1) is 10.0. The van der Waals surface area contributed by atoms with Gasteiger partial charge in [0.05, 0.1) is 24.3 Å². The second-order valence-electron chi connectivity index (χ2n) is 2.66. The highest BCUT2D eigenvalue weighted by Gasteiger charge is 2.08. The maximum atomic E-state index is 11.1. The maximum absolute atomic E-state index is 11.1. The van der Waals surface area contributed by atoms with Gasteiger partial charge in [0.2, 0.25) is 0 Å². The number of benzene rings is 1. The first-order valence-electron chi connectivity index (χ1n) is 3.97. The van der Waals surface area contributed by atoms with Gasteiger partial charge in [-0.15, -0.1) is 0 Å². The van der Waals surface area contributed by atoms with E-state index in [4.69, 9.17) is 5.26 Å². The molecule has 0 heterocycles. The molecule has 1 aromatic carbocycles. The Balaban J connectivity index is 2.94. The minimum atomic E-state index is -0.463. The molecule has 0 aliphatic rings. The Labute approximate surface area is 82.2 Å². The van der Waals surface area contributed by atoms with Crippen molar-refractivity contribution in [2.75, 3.05) is 7.11 Å². The zero-order valence-corrected chi connectivity index (χ0v) is 7.78. The molecule has 0 aliphatic heterocycles. The Kier molecular flexibility index (Phi) is 3.03. The van der Waals surface area contributed by atoms with Crippen molar-refractivity contribution in [1.29, 1.82) is 5.26 Å². The summed E-state index contributed by atoms with van der Waals surface area (Å²) in [5.41, 5.74) is 1.50. The molecule has 3 nitrogen and oxygen atoms in total.